The molecule has 0 aromatic heterocycles. The Kier molecular flexibility index (Phi) is 6.30. The normalized spacial score (nSPS) is 19.4. The van der Waals surface area contributed by atoms with Gasteiger partial charge < -0.3 is 9.80 Å². The molecule has 2 fully saturated rings. The summed E-state index contributed by atoms with van der Waals surface area (Å²) < 4.78 is 38.6. The zero-order valence-corrected chi connectivity index (χ0v) is 16.3. The van der Waals surface area contributed by atoms with E-state index in [0.29, 0.717) is 44.7 Å². The molecule has 1 aromatic rings. The van der Waals surface area contributed by atoms with Crippen LogP contribution in [-0.2, 0) is 11.0 Å². The maximum absolute atomic E-state index is 12.9. The maximum Gasteiger partial charge on any atom is 0.416 e. The fourth-order valence-electron chi connectivity index (χ4n) is 3.82. The number of halogens is 3. The van der Waals surface area contributed by atoms with Crippen LogP contribution >= 0.6 is 0 Å². The molecule has 0 saturated carbocycles. The summed E-state index contributed by atoms with van der Waals surface area (Å²) in [6.45, 7) is 5.85. The third kappa shape index (κ3) is 5.17. The van der Waals surface area contributed by atoms with Crippen molar-refractivity contribution >= 4 is 17.3 Å². The number of carbonyl (C=O) groups is 1. The molecule has 1 aromatic carbocycles. The molecule has 0 bridgehead atoms. The molecule has 10 heteroatoms. The molecule has 3 rings (SSSR count). The molecular formula is C19H25F3N4O3. The van der Waals surface area contributed by atoms with E-state index in [0.717, 1.165) is 38.1 Å². The molecule has 160 valence electrons. The molecule has 2 aliphatic heterocycles. The Bertz CT molecular complexity index is 756. The Morgan fingerprint density at radius 3 is 2.31 bits per heavy atom. The van der Waals surface area contributed by atoms with Crippen LogP contribution in [0.5, 0.6) is 0 Å². The lowest BCUT2D eigenvalue weighted by molar-refractivity contribution is -0.384. The first kappa shape index (κ1) is 21.4. The van der Waals surface area contributed by atoms with Crippen molar-refractivity contribution in [3.63, 3.8) is 0 Å². The molecule has 2 heterocycles. The molecule has 0 unspecified atom stereocenters. The van der Waals surface area contributed by atoms with E-state index in [-0.39, 0.29) is 11.6 Å². The van der Waals surface area contributed by atoms with E-state index in [1.165, 1.54) is 0 Å². The molecule has 2 aliphatic rings. The standard InChI is InChI=1S/C19H25F3N4O3/c1-14-4-6-23(7-5-14)13-18(27)25-10-8-24(9-11-25)16-3-2-15(19(20,21)22)12-17(16)26(28)29/h2-3,12,14H,4-11,13H2,1H3. The molecule has 1 amide bonds. The second kappa shape index (κ2) is 8.56. The van der Waals surface area contributed by atoms with Gasteiger partial charge in [-0.2, -0.15) is 13.2 Å². The average molecular weight is 414 g/mol. The highest BCUT2D eigenvalue weighted by Crippen LogP contribution is 2.36. The van der Waals surface area contributed by atoms with Gasteiger partial charge in [0.1, 0.15) is 5.69 Å². The highest BCUT2D eigenvalue weighted by molar-refractivity contribution is 5.78. The first-order valence-corrected chi connectivity index (χ1v) is 9.76. The quantitative estimate of drug-likeness (QED) is 0.560. The van der Waals surface area contributed by atoms with Gasteiger partial charge in [0.2, 0.25) is 5.91 Å². The first-order chi connectivity index (χ1) is 13.6. The number of likely N-dealkylation sites (tertiary alicyclic amines) is 1. The summed E-state index contributed by atoms with van der Waals surface area (Å²) in [6, 6.07) is 2.58. The minimum absolute atomic E-state index is 0.0288. The first-order valence-electron chi connectivity index (χ1n) is 9.76. The minimum Gasteiger partial charge on any atom is -0.362 e. The summed E-state index contributed by atoms with van der Waals surface area (Å²) in [5, 5.41) is 11.3. The lowest BCUT2D eigenvalue weighted by Crippen LogP contribution is -2.52. The van der Waals surface area contributed by atoms with Crippen molar-refractivity contribution in [1.29, 1.82) is 0 Å². The molecule has 0 N–H and O–H groups in total. The van der Waals surface area contributed by atoms with Gasteiger partial charge in [0, 0.05) is 32.2 Å². The van der Waals surface area contributed by atoms with Crippen LogP contribution < -0.4 is 4.90 Å². The van der Waals surface area contributed by atoms with E-state index in [9.17, 15) is 28.1 Å². The number of amides is 1. The van der Waals surface area contributed by atoms with Crippen LogP contribution in [0.3, 0.4) is 0 Å². The Labute approximate surface area is 167 Å². The summed E-state index contributed by atoms with van der Waals surface area (Å²) in [4.78, 5) is 28.6. The SMILES string of the molecule is CC1CCN(CC(=O)N2CCN(c3ccc(C(F)(F)F)cc3[N+](=O)[O-])CC2)CC1. The van der Waals surface area contributed by atoms with Gasteiger partial charge in [0.15, 0.2) is 0 Å². The van der Waals surface area contributed by atoms with Gasteiger partial charge in [0.25, 0.3) is 5.69 Å². The Morgan fingerprint density at radius 2 is 1.76 bits per heavy atom. The van der Waals surface area contributed by atoms with E-state index in [2.05, 4.69) is 11.8 Å². The number of hydrogen-bond donors (Lipinski definition) is 0. The van der Waals surface area contributed by atoms with Crippen LogP contribution in [-0.4, -0.2) is 66.4 Å². The summed E-state index contributed by atoms with van der Waals surface area (Å²) >= 11 is 0. The zero-order valence-electron chi connectivity index (χ0n) is 16.3. The van der Waals surface area contributed by atoms with Crippen LogP contribution in [0.4, 0.5) is 24.5 Å². The number of anilines is 1. The minimum atomic E-state index is -4.64. The third-order valence-corrected chi connectivity index (χ3v) is 5.71. The number of benzene rings is 1. The van der Waals surface area contributed by atoms with Crippen molar-refractivity contribution < 1.29 is 22.9 Å². The molecule has 7 nitrogen and oxygen atoms in total. The van der Waals surface area contributed by atoms with Crippen molar-refractivity contribution in [2.24, 2.45) is 5.92 Å². The van der Waals surface area contributed by atoms with Gasteiger partial charge >= 0.3 is 6.18 Å². The van der Waals surface area contributed by atoms with Crippen molar-refractivity contribution in [2.45, 2.75) is 25.9 Å². The largest absolute Gasteiger partial charge is 0.416 e. The molecule has 0 spiro atoms. The smallest absolute Gasteiger partial charge is 0.362 e. The van der Waals surface area contributed by atoms with E-state index in [1.807, 2.05) is 0 Å². The van der Waals surface area contributed by atoms with Gasteiger partial charge in [-0.15, -0.1) is 0 Å². The number of nitrogens with zero attached hydrogens (tertiary/aromatic N) is 4. The van der Waals surface area contributed by atoms with Crippen molar-refractivity contribution in [2.75, 3.05) is 50.7 Å². The third-order valence-electron chi connectivity index (χ3n) is 5.71. The fraction of sp³-hybridized carbons (Fsp3) is 0.632. The van der Waals surface area contributed by atoms with Crippen LogP contribution in [0.15, 0.2) is 18.2 Å². The fourth-order valence-corrected chi connectivity index (χ4v) is 3.82. The van der Waals surface area contributed by atoms with Gasteiger partial charge in [0.05, 0.1) is 17.0 Å². The van der Waals surface area contributed by atoms with Gasteiger partial charge in [-0.1, -0.05) is 6.92 Å². The number of alkyl halides is 3. The predicted octanol–water partition coefficient (Wildman–Crippen LogP) is 2.99. The molecular weight excluding hydrogens is 389 g/mol. The number of nitro benzene ring substituents is 1. The highest BCUT2D eigenvalue weighted by Gasteiger charge is 2.34. The van der Waals surface area contributed by atoms with Crippen LogP contribution in [0.2, 0.25) is 0 Å². The molecule has 29 heavy (non-hydrogen) atoms. The van der Waals surface area contributed by atoms with Gasteiger partial charge in [-0.05, 0) is 44.0 Å². The Hall–Kier alpha value is -2.36. The molecule has 2 saturated heterocycles. The number of hydrogen-bond acceptors (Lipinski definition) is 5. The average Bonchev–Trinajstić information content (AvgIpc) is 2.68. The number of carbonyl (C=O) groups excluding carboxylic acids is 1. The Balaban J connectivity index is 1.61. The van der Waals surface area contributed by atoms with Crippen molar-refractivity contribution in [3.05, 3.63) is 33.9 Å². The molecule has 0 aliphatic carbocycles. The summed E-state index contributed by atoms with van der Waals surface area (Å²) in [6.07, 6.45) is -2.47. The monoisotopic (exact) mass is 414 g/mol. The lowest BCUT2D eigenvalue weighted by atomic mass is 9.99. The maximum atomic E-state index is 12.9. The number of piperidine rings is 1. The van der Waals surface area contributed by atoms with E-state index >= 15 is 0 Å². The van der Waals surface area contributed by atoms with Crippen molar-refractivity contribution in [3.8, 4) is 0 Å². The van der Waals surface area contributed by atoms with Crippen LogP contribution in [0.25, 0.3) is 0 Å². The number of rotatable bonds is 4. The van der Waals surface area contributed by atoms with Gasteiger partial charge in [-0.3, -0.25) is 19.8 Å². The topological polar surface area (TPSA) is 69.9 Å². The Morgan fingerprint density at radius 1 is 1.14 bits per heavy atom. The number of nitro groups is 1. The van der Waals surface area contributed by atoms with E-state index in [4.69, 9.17) is 0 Å². The van der Waals surface area contributed by atoms with Crippen molar-refractivity contribution in [1.82, 2.24) is 9.80 Å². The molecule has 0 radical (unpaired) electrons. The number of piperazine rings is 1. The zero-order chi connectivity index (χ0) is 21.2. The predicted molar refractivity (Wildman–Crippen MR) is 102 cm³/mol. The second-order valence-corrected chi connectivity index (χ2v) is 7.78. The van der Waals surface area contributed by atoms with E-state index < -0.39 is 22.4 Å². The second-order valence-electron chi connectivity index (χ2n) is 7.78. The lowest BCUT2D eigenvalue weighted by Gasteiger charge is -2.37. The summed E-state index contributed by atoms with van der Waals surface area (Å²) in [7, 11) is 0. The van der Waals surface area contributed by atoms with Crippen LogP contribution in [0.1, 0.15) is 25.3 Å². The van der Waals surface area contributed by atoms with E-state index in [1.54, 1.807) is 9.80 Å². The molecule has 0 atom stereocenters. The summed E-state index contributed by atoms with van der Waals surface area (Å²) in [5.41, 5.74) is -1.46. The van der Waals surface area contributed by atoms with Crippen LogP contribution in [0, 0.1) is 16.0 Å². The van der Waals surface area contributed by atoms with Gasteiger partial charge in [-0.25, -0.2) is 0 Å². The highest BCUT2D eigenvalue weighted by atomic mass is 19.4. The summed E-state index contributed by atoms with van der Waals surface area (Å²) in [5.74, 6) is 0.713.